The van der Waals surface area contributed by atoms with Gasteiger partial charge in [-0.3, -0.25) is 4.79 Å². The number of halogens is 1. The van der Waals surface area contributed by atoms with E-state index in [1.54, 1.807) is 23.1 Å². The maximum atomic E-state index is 12.7. The molecule has 1 N–H and O–H groups in total. The third-order valence-corrected chi connectivity index (χ3v) is 3.54. The van der Waals surface area contributed by atoms with Gasteiger partial charge in [-0.15, -0.1) is 0 Å². The van der Waals surface area contributed by atoms with Gasteiger partial charge in [0.05, 0.1) is 5.02 Å². The molecule has 0 aliphatic carbocycles. The highest BCUT2D eigenvalue weighted by molar-refractivity contribution is 6.33. The van der Waals surface area contributed by atoms with E-state index in [2.05, 4.69) is 9.97 Å². The molecule has 23 heavy (non-hydrogen) atoms. The van der Waals surface area contributed by atoms with Crippen molar-refractivity contribution in [1.29, 1.82) is 0 Å². The van der Waals surface area contributed by atoms with Crippen LogP contribution in [0.3, 0.4) is 0 Å². The summed E-state index contributed by atoms with van der Waals surface area (Å²) in [4.78, 5) is 24.2. The number of carbonyl (C=O) groups excluding carboxylic acids is 1. The number of rotatable bonds is 6. The van der Waals surface area contributed by atoms with Crippen LogP contribution in [0.4, 0.5) is 0 Å². The van der Waals surface area contributed by atoms with Gasteiger partial charge in [0.2, 0.25) is 0 Å². The van der Waals surface area contributed by atoms with Crippen molar-refractivity contribution in [2.75, 3.05) is 27.2 Å². The fourth-order valence-corrected chi connectivity index (χ4v) is 2.25. The molecule has 2 rings (SSSR count). The van der Waals surface area contributed by atoms with E-state index in [-0.39, 0.29) is 22.4 Å². The Hall–Kier alpha value is -2.18. The number of benzene rings is 1. The molecule has 6 nitrogen and oxygen atoms in total. The number of aromatic nitrogens is 2. The number of likely N-dealkylation sites (N-methyl/N-ethyl adjacent to an activating group) is 1. The van der Waals surface area contributed by atoms with Crippen LogP contribution in [0.1, 0.15) is 16.1 Å². The van der Waals surface area contributed by atoms with E-state index in [1.165, 1.54) is 12.5 Å². The van der Waals surface area contributed by atoms with Gasteiger partial charge >= 0.3 is 0 Å². The number of phenols is 1. The molecule has 0 aliphatic rings. The van der Waals surface area contributed by atoms with E-state index in [1.807, 2.05) is 25.1 Å². The van der Waals surface area contributed by atoms with Gasteiger partial charge in [-0.2, -0.15) is 0 Å². The second kappa shape index (κ2) is 7.89. The van der Waals surface area contributed by atoms with Crippen molar-refractivity contribution in [1.82, 2.24) is 19.8 Å². The fourth-order valence-electron chi connectivity index (χ4n) is 2.07. The Bertz CT molecular complexity index is 679. The molecule has 1 amide bonds. The Labute approximate surface area is 140 Å². The van der Waals surface area contributed by atoms with Crippen LogP contribution in [-0.4, -0.2) is 58.0 Å². The fraction of sp³-hybridized carbons (Fsp3) is 0.312. The molecule has 0 fully saturated rings. The van der Waals surface area contributed by atoms with Crippen molar-refractivity contribution in [3.05, 3.63) is 53.1 Å². The lowest BCUT2D eigenvalue weighted by atomic mass is 10.2. The third kappa shape index (κ3) is 4.91. The Balaban J connectivity index is 2.23. The molecule has 0 spiro atoms. The highest BCUT2D eigenvalue weighted by Crippen LogP contribution is 2.17. The summed E-state index contributed by atoms with van der Waals surface area (Å²) < 4.78 is 0. The number of phenolic OH excluding ortho intramolecular Hbond substituents is 1. The van der Waals surface area contributed by atoms with Gasteiger partial charge in [0, 0.05) is 25.8 Å². The summed E-state index contributed by atoms with van der Waals surface area (Å²) in [6, 6.07) is 6.84. The molecule has 0 atom stereocenters. The first kappa shape index (κ1) is 17.2. The summed E-state index contributed by atoms with van der Waals surface area (Å²) in [6.45, 7) is 1.58. The van der Waals surface area contributed by atoms with Gasteiger partial charge in [-0.05, 0) is 31.8 Å². The minimum absolute atomic E-state index is 0.169. The van der Waals surface area contributed by atoms with Crippen LogP contribution >= 0.6 is 11.6 Å². The zero-order valence-corrected chi connectivity index (χ0v) is 13.9. The van der Waals surface area contributed by atoms with Gasteiger partial charge in [0.25, 0.3) is 5.91 Å². The smallest absolute Gasteiger partial charge is 0.274 e. The lowest BCUT2D eigenvalue weighted by Crippen LogP contribution is -2.36. The van der Waals surface area contributed by atoms with Crippen LogP contribution in [0.25, 0.3) is 0 Å². The van der Waals surface area contributed by atoms with Crippen LogP contribution in [-0.2, 0) is 6.54 Å². The van der Waals surface area contributed by atoms with E-state index < -0.39 is 0 Å². The third-order valence-electron chi connectivity index (χ3n) is 3.26. The van der Waals surface area contributed by atoms with E-state index >= 15 is 0 Å². The molecule has 0 unspecified atom stereocenters. The second-order valence-corrected chi connectivity index (χ2v) is 5.83. The van der Waals surface area contributed by atoms with E-state index in [0.717, 1.165) is 5.56 Å². The van der Waals surface area contributed by atoms with Crippen LogP contribution in [0.15, 0.2) is 36.8 Å². The number of hydrogen-bond donors (Lipinski definition) is 1. The topological polar surface area (TPSA) is 69.6 Å². The maximum absolute atomic E-state index is 12.7. The standard InChI is InChI=1S/C16H19ClN4O2/c1-20(2)6-7-21(10-12-4-3-5-13(22)8-12)16(23)15-14(17)9-18-11-19-15/h3-5,8-9,11,22H,6-7,10H2,1-2H3. The van der Waals surface area contributed by atoms with Crippen LogP contribution in [0, 0.1) is 0 Å². The molecule has 1 aromatic heterocycles. The van der Waals surface area contributed by atoms with E-state index in [0.29, 0.717) is 19.6 Å². The predicted molar refractivity (Wildman–Crippen MR) is 88.4 cm³/mol. The summed E-state index contributed by atoms with van der Waals surface area (Å²) in [5, 5.41) is 9.82. The minimum atomic E-state index is -0.261. The summed E-state index contributed by atoms with van der Waals surface area (Å²) in [5.74, 6) is -0.0924. The van der Waals surface area contributed by atoms with E-state index in [9.17, 15) is 9.90 Å². The van der Waals surface area contributed by atoms with Gasteiger partial charge in [-0.25, -0.2) is 9.97 Å². The van der Waals surface area contributed by atoms with E-state index in [4.69, 9.17) is 11.6 Å². The Morgan fingerprint density at radius 2 is 2.09 bits per heavy atom. The Kier molecular flexibility index (Phi) is 5.90. The first-order valence-corrected chi connectivity index (χ1v) is 7.52. The Morgan fingerprint density at radius 1 is 1.30 bits per heavy atom. The maximum Gasteiger partial charge on any atom is 0.274 e. The molecule has 0 aliphatic heterocycles. The van der Waals surface area contributed by atoms with Crippen molar-refractivity contribution in [2.24, 2.45) is 0 Å². The van der Waals surface area contributed by atoms with Crippen molar-refractivity contribution in [3.63, 3.8) is 0 Å². The summed E-state index contributed by atoms with van der Waals surface area (Å²) in [5.41, 5.74) is 1.02. The summed E-state index contributed by atoms with van der Waals surface area (Å²) in [6.07, 6.45) is 2.71. The van der Waals surface area contributed by atoms with Crippen LogP contribution in [0.5, 0.6) is 5.75 Å². The number of amides is 1. The lowest BCUT2D eigenvalue weighted by molar-refractivity contribution is 0.0726. The summed E-state index contributed by atoms with van der Waals surface area (Å²) >= 11 is 6.03. The first-order valence-electron chi connectivity index (χ1n) is 7.15. The molecule has 1 heterocycles. The Morgan fingerprint density at radius 3 is 2.74 bits per heavy atom. The summed E-state index contributed by atoms with van der Waals surface area (Å²) in [7, 11) is 3.88. The molecule has 0 radical (unpaired) electrons. The van der Waals surface area contributed by atoms with Crippen LogP contribution in [0.2, 0.25) is 5.02 Å². The normalized spacial score (nSPS) is 10.8. The molecular formula is C16H19ClN4O2. The lowest BCUT2D eigenvalue weighted by Gasteiger charge is -2.24. The van der Waals surface area contributed by atoms with Gasteiger partial charge in [0.15, 0.2) is 0 Å². The molecule has 0 bridgehead atoms. The highest BCUT2D eigenvalue weighted by atomic mass is 35.5. The van der Waals surface area contributed by atoms with Crippen molar-refractivity contribution < 1.29 is 9.90 Å². The monoisotopic (exact) mass is 334 g/mol. The number of aromatic hydroxyl groups is 1. The highest BCUT2D eigenvalue weighted by Gasteiger charge is 2.20. The van der Waals surface area contributed by atoms with Crippen molar-refractivity contribution in [2.45, 2.75) is 6.54 Å². The van der Waals surface area contributed by atoms with Gasteiger partial charge in [-0.1, -0.05) is 23.7 Å². The molecule has 2 aromatic rings. The number of nitrogens with zero attached hydrogens (tertiary/aromatic N) is 4. The van der Waals surface area contributed by atoms with Crippen molar-refractivity contribution in [3.8, 4) is 5.75 Å². The predicted octanol–water partition coefficient (Wildman–Crippen LogP) is 2.04. The van der Waals surface area contributed by atoms with Crippen molar-refractivity contribution >= 4 is 17.5 Å². The first-order chi connectivity index (χ1) is 11.0. The zero-order chi connectivity index (χ0) is 16.8. The SMILES string of the molecule is CN(C)CCN(Cc1cccc(O)c1)C(=O)c1ncncc1Cl. The molecule has 0 saturated heterocycles. The molecular weight excluding hydrogens is 316 g/mol. The largest absolute Gasteiger partial charge is 0.508 e. The average molecular weight is 335 g/mol. The number of hydrogen-bond acceptors (Lipinski definition) is 5. The average Bonchev–Trinajstić information content (AvgIpc) is 2.51. The number of carbonyl (C=O) groups is 1. The molecule has 122 valence electrons. The van der Waals surface area contributed by atoms with Gasteiger partial charge < -0.3 is 14.9 Å². The molecule has 0 saturated carbocycles. The zero-order valence-electron chi connectivity index (χ0n) is 13.1. The molecule has 1 aromatic carbocycles. The van der Waals surface area contributed by atoms with Crippen LogP contribution < -0.4 is 0 Å². The quantitative estimate of drug-likeness (QED) is 0.875. The second-order valence-electron chi connectivity index (χ2n) is 5.42. The molecule has 7 heteroatoms. The van der Waals surface area contributed by atoms with Gasteiger partial charge in [0.1, 0.15) is 17.8 Å². The minimum Gasteiger partial charge on any atom is -0.508 e.